The Labute approximate surface area is 120 Å². The Hall–Kier alpha value is -1.76. The van der Waals surface area contributed by atoms with E-state index in [-0.39, 0.29) is 10.0 Å². The number of rotatable bonds is 2. The van der Waals surface area contributed by atoms with Crippen LogP contribution in [0.25, 0.3) is 0 Å². The van der Waals surface area contributed by atoms with Crippen molar-refractivity contribution in [1.82, 2.24) is 0 Å². The van der Waals surface area contributed by atoms with E-state index in [4.69, 9.17) is 28.5 Å². The Bertz CT molecular complexity index is 655. The SMILES string of the molecule is Cc1cccc(C#N)c1Nc1c(Cl)cc(F)cc1Cl. The zero-order valence-electron chi connectivity index (χ0n) is 9.97. The molecule has 0 aromatic heterocycles. The molecule has 0 saturated carbocycles. The molecule has 0 bridgehead atoms. The van der Waals surface area contributed by atoms with Crippen molar-refractivity contribution in [1.29, 1.82) is 5.26 Å². The fourth-order valence-electron chi connectivity index (χ4n) is 1.71. The third-order valence-electron chi connectivity index (χ3n) is 2.65. The molecule has 0 spiro atoms. The van der Waals surface area contributed by atoms with E-state index in [0.29, 0.717) is 16.9 Å². The number of hydrogen-bond acceptors (Lipinski definition) is 2. The van der Waals surface area contributed by atoms with Gasteiger partial charge in [0.25, 0.3) is 0 Å². The maximum absolute atomic E-state index is 13.1. The summed E-state index contributed by atoms with van der Waals surface area (Å²) in [4.78, 5) is 0. The van der Waals surface area contributed by atoms with Gasteiger partial charge in [0.1, 0.15) is 11.9 Å². The fourth-order valence-corrected chi connectivity index (χ4v) is 2.27. The van der Waals surface area contributed by atoms with Gasteiger partial charge in [0.2, 0.25) is 0 Å². The van der Waals surface area contributed by atoms with E-state index in [1.807, 2.05) is 13.0 Å². The molecule has 96 valence electrons. The highest BCUT2D eigenvalue weighted by molar-refractivity contribution is 6.39. The first-order chi connectivity index (χ1) is 9.02. The van der Waals surface area contributed by atoms with Gasteiger partial charge in [-0.2, -0.15) is 5.26 Å². The van der Waals surface area contributed by atoms with Gasteiger partial charge in [-0.1, -0.05) is 35.3 Å². The highest BCUT2D eigenvalue weighted by Crippen LogP contribution is 2.35. The maximum atomic E-state index is 13.1. The van der Waals surface area contributed by atoms with Crippen molar-refractivity contribution in [2.45, 2.75) is 6.92 Å². The van der Waals surface area contributed by atoms with Gasteiger partial charge in [0, 0.05) is 0 Å². The summed E-state index contributed by atoms with van der Waals surface area (Å²) in [5.41, 5.74) is 2.34. The lowest BCUT2D eigenvalue weighted by atomic mass is 10.1. The van der Waals surface area contributed by atoms with Crippen molar-refractivity contribution >= 4 is 34.6 Å². The van der Waals surface area contributed by atoms with Crippen molar-refractivity contribution in [3.63, 3.8) is 0 Å². The molecule has 19 heavy (non-hydrogen) atoms. The zero-order valence-corrected chi connectivity index (χ0v) is 11.5. The van der Waals surface area contributed by atoms with E-state index in [1.165, 1.54) is 12.1 Å². The zero-order chi connectivity index (χ0) is 14.0. The predicted octanol–water partition coefficient (Wildman–Crippen LogP) is 5.06. The molecule has 0 heterocycles. The summed E-state index contributed by atoms with van der Waals surface area (Å²) in [6, 6.07) is 9.74. The summed E-state index contributed by atoms with van der Waals surface area (Å²) < 4.78 is 13.1. The van der Waals surface area contributed by atoms with Gasteiger partial charge in [0.05, 0.1) is 27.0 Å². The van der Waals surface area contributed by atoms with Crippen LogP contribution in [0.5, 0.6) is 0 Å². The Kier molecular flexibility index (Phi) is 3.94. The molecular weight excluding hydrogens is 286 g/mol. The van der Waals surface area contributed by atoms with Crippen LogP contribution in [0, 0.1) is 24.1 Å². The number of nitrogens with zero attached hydrogens (tertiary/aromatic N) is 1. The topological polar surface area (TPSA) is 35.8 Å². The van der Waals surface area contributed by atoms with E-state index >= 15 is 0 Å². The lowest BCUT2D eigenvalue weighted by Gasteiger charge is -2.14. The predicted molar refractivity (Wildman–Crippen MR) is 75.6 cm³/mol. The summed E-state index contributed by atoms with van der Waals surface area (Å²) in [6.07, 6.45) is 0. The average Bonchev–Trinajstić information content (AvgIpc) is 2.34. The number of nitrogens with one attached hydrogen (secondary N) is 1. The molecule has 0 saturated heterocycles. The van der Waals surface area contributed by atoms with Gasteiger partial charge in [-0.3, -0.25) is 0 Å². The lowest BCUT2D eigenvalue weighted by molar-refractivity contribution is 0.628. The molecule has 0 aliphatic carbocycles. The van der Waals surface area contributed by atoms with Gasteiger partial charge in [-0.05, 0) is 30.7 Å². The van der Waals surface area contributed by atoms with Crippen molar-refractivity contribution in [3.05, 3.63) is 57.3 Å². The van der Waals surface area contributed by atoms with E-state index < -0.39 is 5.82 Å². The summed E-state index contributed by atoms with van der Waals surface area (Å²) in [6.45, 7) is 1.86. The van der Waals surface area contributed by atoms with Gasteiger partial charge < -0.3 is 5.32 Å². The van der Waals surface area contributed by atoms with Crippen LogP contribution in [0.15, 0.2) is 30.3 Å². The van der Waals surface area contributed by atoms with E-state index in [2.05, 4.69) is 11.4 Å². The molecule has 0 atom stereocenters. The van der Waals surface area contributed by atoms with Gasteiger partial charge in [-0.15, -0.1) is 0 Å². The Morgan fingerprint density at radius 3 is 2.37 bits per heavy atom. The molecule has 0 radical (unpaired) electrons. The maximum Gasteiger partial charge on any atom is 0.126 e. The minimum Gasteiger partial charge on any atom is -0.352 e. The number of halogens is 3. The largest absolute Gasteiger partial charge is 0.352 e. The van der Waals surface area contributed by atoms with Crippen LogP contribution in [-0.4, -0.2) is 0 Å². The van der Waals surface area contributed by atoms with Crippen LogP contribution >= 0.6 is 23.2 Å². The second-order valence-corrected chi connectivity index (χ2v) is 4.79. The second kappa shape index (κ2) is 5.48. The summed E-state index contributed by atoms with van der Waals surface area (Å²) in [7, 11) is 0. The highest BCUT2D eigenvalue weighted by atomic mass is 35.5. The molecule has 5 heteroatoms. The van der Waals surface area contributed by atoms with E-state index in [9.17, 15) is 4.39 Å². The normalized spacial score (nSPS) is 10.1. The number of aryl methyl sites for hydroxylation is 1. The van der Waals surface area contributed by atoms with Crippen molar-refractivity contribution in [2.75, 3.05) is 5.32 Å². The summed E-state index contributed by atoms with van der Waals surface area (Å²) in [5, 5.41) is 12.4. The Morgan fingerprint density at radius 2 is 1.79 bits per heavy atom. The molecule has 2 aromatic carbocycles. The number of hydrogen-bond donors (Lipinski definition) is 1. The first-order valence-corrected chi connectivity index (χ1v) is 6.20. The van der Waals surface area contributed by atoms with Crippen LogP contribution in [0.3, 0.4) is 0 Å². The second-order valence-electron chi connectivity index (χ2n) is 3.98. The monoisotopic (exact) mass is 294 g/mol. The minimum absolute atomic E-state index is 0.164. The molecule has 2 nitrogen and oxygen atoms in total. The Morgan fingerprint density at radius 1 is 1.16 bits per heavy atom. The first-order valence-electron chi connectivity index (χ1n) is 5.44. The molecule has 0 amide bonds. The highest BCUT2D eigenvalue weighted by Gasteiger charge is 2.12. The van der Waals surface area contributed by atoms with E-state index in [0.717, 1.165) is 5.56 Å². The quantitative estimate of drug-likeness (QED) is 0.841. The number of anilines is 2. The van der Waals surface area contributed by atoms with Crippen LogP contribution in [0.2, 0.25) is 10.0 Å². The van der Waals surface area contributed by atoms with E-state index in [1.54, 1.807) is 12.1 Å². The molecule has 0 aliphatic rings. The van der Waals surface area contributed by atoms with Crippen LogP contribution in [0.1, 0.15) is 11.1 Å². The molecule has 2 rings (SSSR count). The van der Waals surface area contributed by atoms with Gasteiger partial charge >= 0.3 is 0 Å². The van der Waals surface area contributed by atoms with Crippen LogP contribution in [-0.2, 0) is 0 Å². The van der Waals surface area contributed by atoms with Gasteiger partial charge in [-0.25, -0.2) is 4.39 Å². The molecule has 2 aromatic rings. The first kappa shape index (κ1) is 13.7. The Balaban J connectivity index is 2.51. The van der Waals surface area contributed by atoms with Crippen molar-refractivity contribution < 1.29 is 4.39 Å². The van der Waals surface area contributed by atoms with Crippen molar-refractivity contribution in [2.24, 2.45) is 0 Å². The molecule has 0 fully saturated rings. The molecule has 1 N–H and O–H groups in total. The number of para-hydroxylation sites is 1. The minimum atomic E-state index is -0.508. The molecule has 0 unspecified atom stereocenters. The third kappa shape index (κ3) is 2.81. The summed E-state index contributed by atoms with van der Waals surface area (Å²) in [5.74, 6) is -0.508. The fraction of sp³-hybridized carbons (Fsp3) is 0.0714. The smallest absolute Gasteiger partial charge is 0.126 e. The third-order valence-corrected chi connectivity index (χ3v) is 3.25. The van der Waals surface area contributed by atoms with Crippen LogP contribution < -0.4 is 5.32 Å². The summed E-state index contributed by atoms with van der Waals surface area (Å²) >= 11 is 11.9. The average molecular weight is 295 g/mol. The lowest BCUT2D eigenvalue weighted by Crippen LogP contribution is -1.98. The molecule has 0 aliphatic heterocycles. The number of nitriles is 1. The standard InChI is InChI=1S/C14H9Cl2FN2/c1-8-3-2-4-9(7-18)13(8)19-14-11(15)5-10(17)6-12(14)16/h2-6,19H,1H3. The molecular formula is C14H9Cl2FN2. The van der Waals surface area contributed by atoms with Gasteiger partial charge in [0.15, 0.2) is 0 Å². The van der Waals surface area contributed by atoms with Crippen molar-refractivity contribution in [3.8, 4) is 6.07 Å². The number of benzene rings is 2. The van der Waals surface area contributed by atoms with Crippen LogP contribution in [0.4, 0.5) is 15.8 Å².